The van der Waals surface area contributed by atoms with Gasteiger partial charge in [-0.1, -0.05) is 18.2 Å². The minimum Gasteiger partial charge on any atom is -0.367 e. The topological polar surface area (TPSA) is 73.0 Å². The summed E-state index contributed by atoms with van der Waals surface area (Å²) in [7, 11) is 0. The van der Waals surface area contributed by atoms with Crippen LogP contribution in [0.1, 0.15) is 50.3 Å². The average Bonchev–Trinajstić information content (AvgIpc) is 2.97. The van der Waals surface area contributed by atoms with Crippen molar-refractivity contribution in [2.75, 3.05) is 49.5 Å². The maximum atomic E-state index is 14.1. The molecule has 0 unspecified atom stereocenters. The van der Waals surface area contributed by atoms with Gasteiger partial charge in [0, 0.05) is 56.2 Å². The lowest BCUT2D eigenvalue weighted by Gasteiger charge is -2.37. The van der Waals surface area contributed by atoms with Crippen molar-refractivity contribution in [2.24, 2.45) is 0 Å². The number of anilines is 2. The minimum atomic E-state index is -0.623. The van der Waals surface area contributed by atoms with E-state index in [2.05, 4.69) is 10.2 Å². The summed E-state index contributed by atoms with van der Waals surface area (Å²) in [5.41, 5.74) is 1.79. The van der Waals surface area contributed by atoms with Crippen molar-refractivity contribution in [3.8, 4) is 0 Å². The third-order valence-electron chi connectivity index (χ3n) is 7.23. The molecule has 2 fully saturated rings. The van der Waals surface area contributed by atoms with Crippen molar-refractivity contribution in [1.29, 1.82) is 0 Å². The number of benzene rings is 3. The Morgan fingerprint density at radius 3 is 2.10 bits per heavy atom. The van der Waals surface area contributed by atoms with Crippen LogP contribution in [0.25, 0.3) is 0 Å². The Kier molecular flexibility index (Phi) is 7.86. The Balaban J connectivity index is 1.36. The molecule has 0 aliphatic carbocycles. The highest BCUT2D eigenvalue weighted by molar-refractivity contribution is 6.06. The van der Waals surface area contributed by atoms with E-state index >= 15 is 0 Å². The number of amides is 3. The van der Waals surface area contributed by atoms with Gasteiger partial charge in [0.15, 0.2) is 0 Å². The predicted octanol–water partition coefficient (Wildman–Crippen LogP) is 4.81. The van der Waals surface area contributed by atoms with Crippen LogP contribution >= 0.6 is 0 Å². The molecule has 1 N–H and O–H groups in total. The third kappa shape index (κ3) is 5.92. The van der Waals surface area contributed by atoms with Crippen LogP contribution in [0.5, 0.6) is 0 Å². The summed E-state index contributed by atoms with van der Waals surface area (Å²) >= 11 is 0. The van der Waals surface area contributed by atoms with Crippen molar-refractivity contribution in [3.63, 3.8) is 0 Å². The van der Waals surface area contributed by atoms with Crippen LogP contribution in [0.3, 0.4) is 0 Å². The van der Waals surface area contributed by atoms with Crippen LogP contribution in [-0.4, -0.2) is 66.8 Å². The fourth-order valence-electron chi connectivity index (χ4n) is 5.13. The maximum absolute atomic E-state index is 14.1. The number of nitrogens with zero attached hydrogens (tertiary/aromatic N) is 3. The molecule has 2 aliphatic rings. The first-order chi connectivity index (χ1) is 18.9. The van der Waals surface area contributed by atoms with Crippen LogP contribution in [0.2, 0.25) is 0 Å². The summed E-state index contributed by atoms with van der Waals surface area (Å²) in [6.45, 7) is 3.14. The number of piperazine rings is 1. The van der Waals surface area contributed by atoms with Gasteiger partial charge in [0.05, 0.1) is 11.1 Å². The van der Waals surface area contributed by atoms with Crippen LogP contribution in [0.15, 0.2) is 66.7 Å². The first-order valence-corrected chi connectivity index (χ1v) is 13.2. The number of hydrogen-bond acceptors (Lipinski definition) is 4. The molecule has 7 nitrogen and oxygen atoms in total. The van der Waals surface area contributed by atoms with E-state index in [9.17, 15) is 23.2 Å². The Morgan fingerprint density at radius 1 is 0.667 bits per heavy atom. The van der Waals surface area contributed by atoms with E-state index in [1.807, 2.05) is 4.90 Å². The van der Waals surface area contributed by atoms with Crippen molar-refractivity contribution in [2.45, 2.75) is 19.3 Å². The minimum absolute atomic E-state index is 0.0791. The monoisotopic (exact) mass is 532 g/mol. The van der Waals surface area contributed by atoms with Gasteiger partial charge in [-0.15, -0.1) is 0 Å². The fraction of sp³-hybridized carbons (Fsp3) is 0.300. The number of carbonyl (C=O) groups excluding carboxylic acids is 3. The van der Waals surface area contributed by atoms with Crippen LogP contribution < -0.4 is 10.2 Å². The molecule has 2 aliphatic heterocycles. The van der Waals surface area contributed by atoms with Gasteiger partial charge < -0.3 is 20.0 Å². The first kappa shape index (κ1) is 26.3. The highest BCUT2D eigenvalue weighted by Crippen LogP contribution is 2.29. The normalized spacial score (nSPS) is 15.7. The molecule has 39 heavy (non-hydrogen) atoms. The van der Waals surface area contributed by atoms with Gasteiger partial charge in [0.1, 0.15) is 11.6 Å². The Labute approximate surface area is 226 Å². The number of halogens is 2. The first-order valence-electron chi connectivity index (χ1n) is 13.2. The summed E-state index contributed by atoms with van der Waals surface area (Å²) in [4.78, 5) is 44.8. The van der Waals surface area contributed by atoms with Crippen molar-refractivity contribution in [1.82, 2.24) is 9.80 Å². The number of piperidine rings is 1. The second-order valence-corrected chi connectivity index (χ2v) is 9.81. The highest BCUT2D eigenvalue weighted by Gasteiger charge is 2.28. The van der Waals surface area contributed by atoms with Gasteiger partial charge in [-0.25, -0.2) is 8.78 Å². The molecule has 0 radical (unpaired) electrons. The van der Waals surface area contributed by atoms with Crippen molar-refractivity contribution in [3.05, 3.63) is 95.1 Å². The van der Waals surface area contributed by atoms with Crippen LogP contribution in [-0.2, 0) is 0 Å². The zero-order chi connectivity index (χ0) is 27.4. The Bertz CT molecular complexity index is 1380. The molecule has 3 aromatic rings. The van der Waals surface area contributed by atoms with E-state index in [1.54, 1.807) is 35.2 Å². The summed E-state index contributed by atoms with van der Waals surface area (Å²) in [5, 5.41) is 2.72. The average molecular weight is 533 g/mol. The summed E-state index contributed by atoms with van der Waals surface area (Å²) in [6, 6.07) is 16.5. The zero-order valence-electron chi connectivity index (χ0n) is 21.5. The summed E-state index contributed by atoms with van der Waals surface area (Å²) < 4.78 is 27.8. The zero-order valence-corrected chi connectivity index (χ0v) is 21.5. The fourth-order valence-corrected chi connectivity index (χ4v) is 5.13. The molecule has 0 atom stereocenters. The molecular weight excluding hydrogens is 502 g/mol. The second kappa shape index (κ2) is 11.6. The molecule has 0 spiro atoms. The number of carbonyl (C=O) groups is 3. The van der Waals surface area contributed by atoms with Crippen LogP contribution in [0.4, 0.5) is 20.2 Å². The Hall–Kier alpha value is -4.27. The lowest BCUT2D eigenvalue weighted by molar-refractivity contribution is 0.0718. The van der Waals surface area contributed by atoms with Gasteiger partial charge >= 0.3 is 0 Å². The number of likely N-dealkylation sites (tertiary alicyclic amines) is 1. The quantitative estimate of drug-likeness (QED) is 0.512. The molecule has 2 heterocycles. The SMILES string of the molecule is O=C(Nc1ccc(N2CCN(C(=O)c3cccc(F)c3)CC2)c(C(=O)N2CCCCC2)c1)c1ccccc1F. The molecule has 3 aromatic carbocycles. The molecule has 5 rings (SSSR count). The van der Waals surface area contributed by atoms with Gasteiger partial charge in [-0.2, -0.15) is 0 Å². The molecular formula is C30H30F2N4O3. The molecule has 3 amide bonds. The summed E-state index contributed by atoms with van der Waals surface area (Å²) in [5.74, 6) is -2.03. The van der Waals surface area contributed by atoms with E-state index < -0.39 is 17.5 Å². The van der Waals surface area contributed by atoms with E-state index in [1.165, 1.54) is 36.4 Å². The number of rotatable bonds is 5. The molecule has 0 bridgehead atoms. The molecule has 2 saturated heterocycles. The van der Waals surface area contributed by atoms with Crippen LogP contribution in [0, 0.1) is 11.6 Å². The highest BCUT2D eigenvalue weighted by atomic mass is 19.1. The third-order valence-corrected chi connectivity index (χ3v) is 7.23. The Morgan fingerprint density at radius 2 is 1.38 bits per heavy atom. The summed E-state index contributed by atoms with van der Waals surface area (Å²) in [6.07, 6.45) is 2.95. The van der Waals surface area contributed by atoms with E-state index in [4.69, 9.17) is 0 Å². The van der Waals surface area contributed by atoms with E-state index in [0.717, 1.165) is 19.3 Å². The standard InChI is InChI=1S/C30H30F2N4O3/c31-22-8-6-7-21(19-22)29(38)36-17-15-34(16-18-36)27-12-11-23(33-28(37)24-9-2-3-10-26(24)32)20-25(27)30(39)35-13-4-1-5-14-35/h2-3,6-12,19-20H,1,4-5,13-18H2,(H,33,37). The van der Waals surface area contributed by atoms with Gasteiger partial charge in [-0.05, 0) is 67.8 Å². The molecule has 9 heteroatoms. The van der Waals surface area contributed by atoms with Gasteiger partial charge in [0.25, 0.3) is 17.7 Å². The largest absolute Gasteiger partial charge is 0.367 e. The lowest BCUT2D eigenvalue weighted by atomic mass is 10.0. The van der Waals surface area contributed by atoms with Crippen molar-refractivity contribution < 1.29 is 23.2 Å². The smallest absolute Gasteiger partial charge is 0.258 e. The van der Waals surface area contributed by atoms with Gasteiger partial charge in [-0.3, -0.25) is 14.4 Å². The second-order valence-electron chi connectivity index (χ2n) is 9.81. The molecule has 202 valence electrons. The van der Waals surface area contributed by atoms with E-state index in [0.29, 0.717) is 61.8 Å². The van der Waals surface area contributed by atoms with E-state index in [-0.39, 0.29) is 17.4 Å². The predicted molar refractivity (Wildman–Crippen MR) is 145 cm³/mol. The number of nitrogens with one attached hydrogen (secondary N) is 1. The van der Waals surface area contributed by atoms with Gasteiger partial charge in [0.2, 0.25) is 0 Å². The molecule has 0 saturated carbocycles. The maximum Gasteiger partial charge on any atom is 0.258 e. The molecule has 0 aromatic heterocycles. The number of hydrogen-bond donors (Lipinski definition) is 1. The van der Waals surface area contributed by atoms with Crippen molar-refractivity contribution >= 4 is 29.1 Å². The lowest BCUT2D eigenvalue weighted by Crippen LogP contribution is -2.49.